The molecule has 1 aromatic carbocycles. The molecule has 1 N–H and O–H groups in total. The molecule has 0 amide bonds. The number of hydrogen-bond donors (Lipinski definition) is 1. The van der Waals surface area contributed by atoms with E-state index in [1.807, 2.05) is 18.2 Å². The third-order valence-electron chi connectivity index (χ3n) is 3.99. The molecule has 0 aromatic heterocycles. The zero-order valence-corrected chi connectivity index (χ0v) is 12.2. The summed E-state index contributed by atoms with van der Waals surface area (Å²) >= 11 is 0. The maximum absolute atomic E-state index is 11.5. The van der Waals surface area contributed by atoms with Gasteiger partial charge in [-0.3, -0.25) is 4.79 Å². The molecule has 4 heteroatoms. The first kappa shape index (κ1) is 14.9. The zero-order chi connectivity index (χ0) is 14.4. The van der Waals surface area contributed by atoms with Crippen LogP contribution in [0.25, 0.3) is 0 Å². The molecular weight excluding hydrogens is 254 g/mol. The Hall–Kier alpha value is -1.55. The Balaban J connectivity index is 1.77. The molecule has 0 spiro atoms. The van der Waals surface area contributed by atoms with Crippen molar-refractivity contribution in [1.82, 2.24) is 5.32 Å². The molecule has 0 aliphatic heterocycles. The molecule has 0 unspecified atom stereocenters. The SMILES string of the molecule is COC(=O)C1CCC(NCc2cccc(OC)c2)CC1. The molecule has 1 aromatic rings. The smallest absolute Gasteiger partial charge is 0.308 e. The van der Waals surface area contributed by atoms with Gasteiger partial charge in [-0.05, 0) is 43.4 Å². The predicted octanol–water partition coefficient (Wildman–Crippen LogP) is 2.52. The molecule has 1 fully saturated rings. The number of rotatable bonds is 5. The fraction of sp³-hybridized carbons (Fsp3) is 0.562. The number of carbonyl (C=O) groups excluding carboxylic acids is 1. The topological polar surface area (TPSA) is 47.6 Å². The molecule has 110 valence electrons. The molecule has 4 nitrogen and oxygen atoms in total. The van der Waals surface area contributed by atoms with Gasteiger partial charge < -0.3 is 14.8 Å². The van der Waals surface area contributed by atoms with Crippen LogP contribution in [0.2, 0.25) is 0 Å². The lowest BCUT2D eigenvalue weighted by Crippen LogP contribution is -2.34. The van der Waals surface area contributed by atoms with Crippen LogP contribution in [0.3, 0.4) is 0 Å². The van der Waals surface area contributed by atoms with Crippen molar-refractivity contribution in [2.24, 2.45) is 5.92 Å². The lowest BCUT2D eigenvalue weighted by Gasteiger charge is -2.27. The fourth-order valence-electron chi connectivity index (χ4n) is 2.74. The van der Waals surface area contributed by atoms with Gasteiger partial charge in [0.2, 0.25) is 0 Å². The number of methoxy groups -OCH3 is 2. The Labute approximate surface area is 120 Å². The van der Waals surface area contributed by atoms with E-state index in [4.69, 9.17) is 9.47 Å². The number of carbonyl (C=O) groups is 1. The second-order valence-corrected chi connectivity index (χ2v) is 5.30. The van der Waals surface area contributed by atoms with Crippen LogP contribution in [-0.2, 0) is 16.1 Å². The van der Waals surface area contributed by atoms with Gasteiger partial charge in [0.25, 0.3) is 0 Å². The predicted molar refractivity (Wildman–Crippen MR) is 77.6 cm³/mol. The quantitative estimate of drug-likeness (QED) is 0.840. The van der Waals surface area contributed by atoms with Gasteiger partial charge in [-0.15, -0.1) is 0 Å². The van der Waals surface area contributed by atoms with E-state index in [-0.39, 0.29) is 11.9 Å². The van der Waals surface area contributed by atoms with Crippen LogP contribution in [0.15, 0.2) is 24.3 Å². The summed E-state index contributed by atoms with van der Waals surface area (Å²) in [6, 6.07) is 8.58. The number of nitrogens with one attached hydrogen (secondary N) is 1. The van der Waals surface area contributed by atoms with Crippen molar-refractivity contribution < 1.29 is 14.3 Å². The first-order chi connectivity index (χ1) is 9.72. The van der Waals surface area contributed by atoms with E-state index >= 15 is 0 Å². The second-order valence-electron chi connectivity index (χ2n) is 5.30. The van der Waals surface area contributed by atoms with Crippen molar-refractivity contribution in [1.29, 1.82) is 0 Å². The number of benzene rings is 1. The molecule has 0 heterocycles. The van der Waals surface area contributed by atoms with Gasteiger partial charge >= 0.3 is 5.97 Å². The molecule has 0 radical (unpaired) electrons. The van der Waals surface area contributed by atoms with Crippen molar-refractivity contribution in [3.8, 4) is 5.75 Å². The number of ether oxygens (including phenoxy) is 2. The van der Waals surface area contributed by atoms with Crippen molar-refractivity contribution in [2.45, 2.75) is 38.3 Å². The van der Waals surface area contributed by atoms with E-state index in [9.17, 15) is 4.79 Å². The normalized spacial score (nSPS) is 22.3. The first-order valence-electron chi connectivity index (χ1n) is 7.17. The van der Waals surface area contributed by atoms with Gasteiger partial charge in [0.05, 0.1) is 20.1 Å². The summed E-state index contributed by atoms with van der Waals surface area (Å²) in [5.41, 5.74) is 1.22. The van der Waals surface area contributed by atoms with E-state index in [1.165, 1.54) is 12.7 Å². The average molecular weight is 277 g/mol. The lowest BCUT2D eigenvalue weighted by atomic mass is 9.86. The first-order valence-corrected chi connectivity index (χ1v) is 7.17. The van der Waals surface area contributed by atoms with Gasteiger partial charge in [0.15, 0.2) is 0 Å². The molecular formula is C16H23NO3. The summed E-state index contributed by atoms with van der Waals surface area (Å²) in [5, 5.41) is 3.56. The molecule has 2 rings (SSSR count). The van der Waals surface area contributed by atoms with Gasteiger partial charge in [-0.25, -0.2) is 0 Å². The number of esters is 1. The minimum absolute atomic E-state index is 0.0590. The summed E-state index contributed by atoms with van der Waals surface area (Å²) in [5.74, 6) is 0.921. The Morgan fingerprint density at radius 3 is 2.65 bits per heavy atom. The lowest BCUT2D eigenvalue weighted by molar-refractivity contribution is -0.146. The van der Waals surface area contributed by atoms with Crippen molar-refractivity contribution >= 4 is 5.97 Å². The van der Waals surface area contributed by atoms with Crippen LogP contribution in [-0.4, -0.2) is 26.2 Å². The highest BCUT2D eigenvalue weighted by molar-refractivity contribution is 5.72. The molecule has 1 aliphatic carbocycles. The summed E-state index contributed by atoms with van der Waals surface area (Å²) in [6.45, 7) is 0.838. The average Bonchev–Trinajstić information content (AvgIpc) is 2.53. The van der Waals surface area contributed by atoms with Crippen LogP contribution in [0.1, 0.15) is 31.2 Å². The highest BCUT2D eigenvalue weighted by atomic mass is 16.5. The standard InChI is InChI=1S/C16H23NO3/c1-19-15-5-3-4-12(10-15)11-17-14-8-6-13(7-9-14)16(18)20-2/h3-5,10,13-14,17H,6-9,11H2,1-2H3. The minimum Gasteiger partial charge on any atom is -0.497 e. The van der Waals surface area contributed by atoms with Crippen LogP contribution < -0.4 is 10.1 Å². The van der Waals surface area contributed by atoms with Crippen LogP contribution in [0, 0.1) is 5.92 Å². The summed E-state index contributed by atoms with van der Waals surface area (Å²) in [6.07, 6.45) is 3.90. The van der Waals surface area contributed by atoms with E-state index in [2.05, 4.69) is 11.4 Å². The minimum atomic E-state index is -0.0590. The van der Waals surface area contributed by atoms with E-state index < -0.39 is 0 Å². The fourth-order valence-corrected chi connectivity index (χ4v) is 2.74. The Morgan fingerprint density at radius 2 is 2.00 bits per heavy atom. The largest absolute Gasteiger partial charge is 0.497 e. The second kappa shape index (κ2) is 7.29. The third-order valence-corrected chi connectivity index (χ3v) is 3.99. The van der Waals surface area contributed by atoms with Gasteiger partial charge in [0, 0.05) is 12.6 Å². The zero-order valence-electron chi connectivity index (χ0n) is 12.2. The third kappa shape index (κ3) is 3.97. The van der Waals surface area contributed by atoms with E-state index in [1.54, 1.807) is 7.11 Å². The monoisotopic (exact) mass is 277 g/mol. The van der Waals surface area contributed by atoms with Gasteiger partial charge in [-0.2, -0.15) is 0 Å². The summed E-state index contributed by atoms with van der Waals surface area (Å²) < 4.78 is 10.0. The van der Waals surface area contributed by atoms with Crippen molar-refractivity contribution in [2.75, 3.05) is 14.2 Å². The molecule has 1 aliphatic rings. The highest BCUT2D eigenvalue weighted by Gasteiger charge is 2.26. The van der Waals surface area contributed by atoms with Crippen LogP contribution >= 0.6 is 0 Å². The molecule has 0 saturated heterocycles. The number of hydrogen-bond acceptors (Lipinski definition) is 4. The molecule has 20 heavy (non-hydrogen) atoms. The van der Waals surface area contributed by atoms with Crippen LogP contribution in [0.5, 0.6) is 5.75 Å². The molecule has 0 atom stereocenters. The Bertz CT molecular complexity index is 439. The van der Waals surface area contributed by atoms with Gasteiger partial charge in [0.1, 0.15) is 5.75 Å². The Kier molecular flexibility index (Phi) is 5.41. The molecule has 1 saturated carbocycles. The van der Waals surface area contributed by atoms with Crippen molar-refractivity contribution in [3.05, 3.63) is 29.8 Å². The summed E-state index contributed by atoms with van der Waals surface area (Å²) in [7, 11) is 3.15. The van der Waals surface area contributed by atoms with Crippen molar-refractivity contribution in [3.63, 3.8) is 0 Å². The van der Waals surface area contributed by atoms with E-state index in [0.717, 1.165) is 38.0 Å². The Morgan fingerprint density at radius 1 is 1.25 bits per heavy atom. The summed E-state index contributed by atoms with van der Waals surface area (Å²) in [4.78, 5) is 11.5. The highest BCUT2D eigenvalue weighted by Crippen LogP contribution is 2.25. The molecule has 0 bridgehead atoms. The van der Waals surface area contributed by atoms with Crippen LogP contribution in [0.4, 0.5) is 0 Å². The van der Waals surface area contributed by atoms with Gasteiger partial charge in [-0.1, -0.05) is 12.1 Å². The van der Waals surface area contributed by atoms with E-state index in [0.29, 0.717) is 6.04 Å². The maximum Gasteiger partial charge on any atom is 0.308 e. The maximum atomic E-state index is 11.5.